The molecule has 2 N–H and O–H groups in total. The van der Waals surface area contributed by atoms with Gasteiger partial charge >= 0.3 is 6.03 Å². The van der Waals surface area contributed by atoms with Crippen molar-refractivity contribution >= 4 is 22.8 Å². The highest BCUT2D eigenvalue weighted by molar-refractivity contribution is 5.90. The number of urea groups is 1. The third-order valence-electron chi connectivity index (χ3n) is 6.72. The Labute approximate surface area is 187 Å². The maximum Gasteiger partial charge on any atom is 0.318 e. The van der Waals surface area contributed by atoms with Crippen molar-refractivity contribution in [3.05, 3.63) is 29.5 Å². The third kappa shape index (κ3) is 3.40. The lowest BCUT2D eigenvalue weighted by Gasteiger charge is -2.56. The van der Waals surface area contributed by atoms with Crippen molar-refractivity contribution < 1.29 is 24.2 Å². The number of ether oxygens (including phenoxy) is 2. The number of fused-ring (bicyclic) bond motifs is 4. The molecule has 0 aliphatic carbocycles. The van der Waals surface area contributed by atoms with Crippen LogP contribution in [0.3, 0.4) is 0 Å². The molecule has 3 amide bonds. The first-order valence-corrected chi connectivity index (χ1v) is 11.0. The minimum absolute atomic E-state index is 0.0373. The van der Waals surface area contributed by atoms with E-state index in [1.807, 2.05) is 32.2 Å². The summed E-state index contributed by atoms with van der Waals surface area (Å²) in [5.74, 6) is 0.681. The van der Waals surface area contributed by atoms with Crippen molar-refractivity contribution in [3.63, 3.8) is 0 Å². The van der Waals surface area contributed by atoms with Crippen LogP contribution in [-0.2, 0) is 22.0 Å². The highest BCUT2D eigenvalue weighted by Crippen LogP contribution is 2.49. The lowest BCUT2D eigenvalue weighted by atomic mass is 9.68. The van der Waals surface area contributed by atoms with Crippen molar-refractivity contribution in [3.8, 4) is 5.75 Å². The molecular formula is C23H32N4O5. The van der Waals surface area contributed by atoms with Crippen molar-refractivity contribution in [1.82, 2.24) is 19.7 Å². The topological polar surface area (TPSA) is 96.3 Å². The minimum Gasteiger partial charge on any atom is -0.497 e. The average Bonchev–Trinajstić information content (AvgIpc) is 3.07. The second-order valence-electron chi connectivity index (χ2n) is 8.72. The zero-order valence-electron chi connectivity index (χ0n) is 19.2. The summed E-state index contributed by atoms with van der Waals surface area (Å²) >= 11 is 0. The summed E-state index contributed by atoms with van der Waals surface area (Å²) in [5.41, 5.74) is 2.59. The number of carbonyl (C=O) groups is 2. The van der Waals surface area contributed by atoms with Gasteiger partial charge in [-0.05, 0) is 24.1 Å². The van der Waals surface area contributed by atoms with Crippen LogP contribution in [-0.4, -0.2) is 85.0 Å². The van der Waals surface area contributed by atoms with Crippen LogP contribution in [0.2, 0.25) is 0 Å². The van der Waals surface area contributed by atoms with E-state index in [4.69, 9.17) is 9.47 Å². The highest BCUT2D eigenvalue weighted by Gasteiger charge is 2.55. The Morgan fingerprint density at radius 2 is 2.00 bits per heavy atom. The Hall–Kier alpha value is -2.78. The van der Waals surface area contributed by atoms with E-state index in [0.717, 1.165) is 34.3 Å². The van der Waals surface area contributed by atoms with Gasteiger partial charge in [-0.1, -0.05) is 6.92 Å². The molecule has 9 nitrogen and oxygen atoms in total. The minimum atomic E-state index is -0.473. The summed E-state index contributed by atoms with van der Waals surface area (Å²) in [6.45, 7) is 3.86. The zero-order chi connectivity index (χ0) is 23.0. The molecule has 1 fully saturated rings. The van der Waals surface area contributed by atoms with Gasteiger partial charge in [0.2, 0.25) is 5.91 Å². The summed E-state index contributed by atoms with van der Waals surface area (Å²) in [7, 11) is 5.10. The quantitative estimate of drug-likeness (QED) is 0.702. The van der Waals surface area contributed by atoms with Crippen LogP contribution in [0.1, 0.15) is 30.6 Å². The van der Waals surface area contributed by atoms with Gasteiger partial charge in [0.25, 0.3) is 0 Å². The summed E-state index contributed by atoms with van der Waals surface area (Å²) in [6, 6.07) is 5.27. The average molecular weight is 445 g/mol. The van der Waals surface area contributed by atoms with Crippen LogP contribution in [0.25, 0.3) is 10.9 Å². The Morgan fingerprint density at radius 3 is 2.62 bits per heavy atom. The number of hydrogen-bond acceptors (Lipinski definition) is 5. The summed E-state index contributed by atoms with van der Waals surface area (Å²) in [4.78, 5) is 29.0. The Balaban J connectivity index is 1.84. The highest BCUT2D eigenvalue weighted by atomic mass is 16.5. The summed E-state index contributed by atoms with van der Waals surface area (Å²) < 4.78 is 12.5. The smallest absolute Gasteiger partial charge is 0.318 e. The maximum absolute atomic E-state index is 13.1. The normalized spacial score (nSPS) is 19.1. The number of benzene rings is 1. The van der Waals surface area contributed by atoms with E-state index in [1.54, 1.807) is 16.9 Å². The largest absolute Gasteiger partial charge is 0.497 e. The first-order valence-electron chi connectivity index (χ1n) is 11.0. The lowest BCUT2D eigenvalue weighted by Crippen LogP contribution is -2.69. The fourth-order valence-corrected chi connectivity index (χ4v) is 5.24. The molecule has 1 aromatic carbocycles. The fourth-order valence-electron chi connectivity index (χ4n) is 5.24. The van der Waals surface area contributed by atoms with Gasteiger partial charge in [0.1, 0.15) is 12.4 Å². The molecule has 1 atom stereocenters. The standard InChI is InChI=1S/C23H32N4O5/c1-5-8-24-22(30)27-14-23(12-26(13-23)19(29)11-31-3)20-16-7-6-15(32-4)9-17(16)25(2)21(20)18(27)10-28/h6-7,9,18,28H,5,8,10-14H2,1-4H3,(H,24,30)/t18-/m1/s1. The third-order valence-corrected chi connectivity index (χ3v) is 6.72. The number of hydrogen-bond donors (Lipinski definition) is 2. The monoisotopic (exact) mass is 444 g/mol. The molecule has 4 rings (SSSR count). The first kappa shape index (κ1) is 22.4. The van der Waals surface area contributed by atoms with Gasteiger partial charge in [-0.2, -0.15) is 0 Å². The van der Waals surface area contributed by atoms with Crippen LogP contribution in [0, 0.1) is 0 Å². The van der Waals surface area contributed by atoms with E-state index < -0.39 is 11.5 Å². The number of rotatable bonds is 6. The van der Waals surface area contributed by atoms with Gasteiger partial charge < -0.3 is 34.3 Å². The first-order chi connectivity index (χ1) is 15.4. The van der Waals surface area contributed by atoms with Crippen LogP contribution in [0.15, 0.2) is 18.2 Å². The van der Waals surface area contributed by atoms with Crippen LogP contribution >= 0.6 is 0 Å². The van der Waals surface area contributed by atoms with Gasteiger partial charge in [-0.25, -0.2) is 4.79 Å². The molecule has 0 bridgehead atoms. The predicted molar refractivity (Wildman–Crippen MR) is 120 cm³/mol. The van der Waals surface area contributed by atoms with Crippen molar-refractivity contribution in [1.29, 1.82) is 0 Å². The molecule has 2 aromatic rings. The number of aromatic nitrogens is 1. The van der Waals surface area contributed by atoms with Gasteiger partial charge in [0.15, 0.2) is 0 Å². The number of nitrogens with zero attached hydrogens (tertiary/aromatic N) is 3. The van der Waals surface area contributed by atoms with E-state index in [2.05, 4.69) is 9.88 Å². The molecule has 9 heteroatoms. The van der Waals surface area contributed by atoms with Gasteiger partial charge in [0.05, 0.1) is 30.7 Å². The van der Waals surface area contributed by atoms with E-state index in [1.165, 1.54) is 7.11 Å². The molecule has 1 spiro atoms. The predicted octanol–water partition coefficient (Wildman–Crippen LogP) is 1.38. The number of likely N-dealkylation sites (tertiary alicyclic amines) is 1. The fraction of sp³-hybridized carbons (Fsp3) is 0.565. The van der Waals surface area contributed by atoms with Gasteiger partial charge in [-0.15, -0.1) is 0 Å². The molecule has 2 aliphatic rings. The van der Waals surface area contributed by atoms with Crippen molar-refractivity contribution in [2.75, 3.05) is 53.6 Å². The van der Waals surface area contributed by atoms with E-state index in [9.17, 15) is 14.7 Å². The number of aliphatic hydroxyl groups excluding tert-OH is 1. The molecule has 174 valence electrons. The van der Waals surface area contributed by atoms with Gasteiger partial charge in [0, 0.05) is 57.5 Å². The van der Waals surface area contributed by atoms with Crippen LogP contribution in [0.5, 0.6) is 5.75 Å². The summed E-state index contributed by atoms with van der Waals surface area (Å²) in [6.07, 6.45) is 0.826. The molecular weight excluding hydrogens is 412 g/mol. The van der Waals surface area contributed by atoms with Crippen molar-refractivity contribution in [2.45, 2.75) is 24.8 Å². The summed E-state index contributed by atoms with van der Waals surface area (Å²) in [5, 5.41) is 14.4. The molecule has 1 saturated heterocycles. The second kappa shape index (κ2) is 8.63. The number of methoxy groups -OCH3 is 2. The van der Waals surface area contributed by atoms with Crippen LogP contribution in [0.4, 0.5) is 4.79 Å². The Kier molecular flexibility index (Phi) is 6.05. The molecule has 1 aromatic heterocycles. The number of aliphatic hydroxyl groups is 1. The molecule has 0 radical (unpaired) electrons. The number of amides is 3. The SMILES string of the molecule is CCCNC(=O)N1CC2(CN(C(=O)COC)C2)c2c(n(C)c3cc(OC)ccc23)[C@H]1CO. The lowest BCUT2D eigenvalue weighted by molar-refractivity contribution is -0.144. The number of aryl methyl sites for hydroxylation is 1. The molecule has 0 unspecified atom stereocenters. The van der Waals surface area contributed by atoms with Gasteiger partial charge in [-0.3, -0.25) is 4.79 Å². The molecule has 3 heterocycles. The van der Waals surface area contributed by atoms with Crippen molar-refractivity contribution in [2.24, 2.45) is 7.05 Å². The second-order valence-corrected chi connectivity index (χ2v) is 8.72. The van der Waals surface area contributed by atoms with E-state index >= 15 is 0 Å². The molecule has 32 heavy (non-hydrogen) atoms. The number of nitrogens with one attached hydrogen (secondary N) is 1. The van der Waals surface area contributed by atoms with Crippen LogP contribution < -0.4 is 10.1 Å². The zero-order valence-corrected chi connectivity index (χ0v) is 19.2. The van der Waals surface area contributed by atoms with E-state index in [-0.39, 0.29) is 25.2 Å². The molecule has 2 aliphatic heterocycles. The Morgan fingerprint density at radius 1 is 1.25 bits per heavy atom. The molecule has 0 saturated carbocycles. The maximum atomic E-state index is 13.1. The van der Waals surface area contributed by atoms with E-state index in [0.29, 0.717) is 26.2 Å². The number of carbonyl (C=O) groups excluding carboxylic acids is 2. The Bertz CT molecular complexity index is 1030.